The van der Waals surface area contributed by atoms with Crippen molar-refractivity contribution < 1.29 is 14.3 Å². The Balaban J connectivity index is 1.21. The molecule has 4 aromatic carbocycles. The maximum Gasteiger partial charge on any atom is 0.379 e. The topological polar surface area (TPSA) is 47.4 Å². The quantitative estimate of drug-likeness (QED) is 0.148. The number of halogens is 3. The second kappa shape index (κ2) is 13.2. The van der Waals surface area contributed by atoms with Crippen molar-refractivity contribution in [2.24, 2.45) is 0 Å². The molecule has 0 radical (unpaired) electrons. The normalized spacial score (nSPS) is 16.6. The van der Waals surface area contributed by atoms with E-state index in [9.17, 15) is 9.32 Å². The van der Waals surface area contributed by atoms with Crippen molar-refractivity contribution in [2.45, 2.75) is 62.9 Å². The van der Waals surface area contributed by atoms with E-state index in [1.807, 2.05) is 30.3 Å². The summed E-state index contributed by atoms with van der Waals surface area (Å²) >= 11 is 12.6. The average molecular weight is 657 g/mol. The fourth-order valence-corrected chi connectivity index (χ4v) is 7.54. The fraction of sp³-hybridized carbons (Fsp3) is 0.316. The molecule has 8 heteroatoms. The predicted molar refractivity (Wildman–Crippen MR) is 181 cm³/mol. The van der Waals surface area contributed by atoms with Crippen molar-refractivity contribution in [1.29, 1.82) is 0 Å². The Morgan fingerprint density at radius 2 is 1.48 bits per heavy atom. The van der Waals surface area contributed by atoms with E-state index in [2.05, 4.69) is 63.8 Å². The van der Waals surface area contributed by atoms with Crippen molar-refractivity contribution in [3.05, 3.63) is 135 Å². The molecule has 0 N–H and O–H groups in total. The van der Waals surface area contributed by atoms with Gasteiger partial charge in [-0.3, -0.25) is 4.90 Å². The molecule has 2 fully saturated rings. The van der Waals surface area contributed by atoms with E-state index >= 15 is 0 Å². The van der Waals surface area contributed by atoms with Crippen LogP contribution in [-0.4, -0.2) is 33.5 Å². The van der Waals surface area contributed by atoms with Gasteiger partial charge in [-0.2, -0.15) is 0 Å². The molecule has 1 unspecified atom stereocenters. The number of carbonyl (C=O) groups excluding carboxylic acids is 1. The highest BCUT2D eigenvalue weighted by molar-refractivity contribution is 6.30. The highest BCUT2D eigenvalue weighted by atomic mass is 35.5. The Morgan fingerprint density at radius 1 is 0.848 bits per heavy atom. The van der Waals surface area contributed by atoms with Crippen molar-refractivity contribution in [3.63, 3.8) is 0 Å². The summed E-state index contributed by atoms with van der Waals surface area (Å²) in [6, 6.07) is 30.6. The molecule has 0 amide bonds. The summed E-state index contributed by atoms with van der Waals surface area (Å²) in [5.74, 6) is 0.788. The molecule has 2 heterocycles. The van der Waals surface area contributed by atoms with Crippen LogP contribution in [0, 0.1) is 0 Å². The molecule has 0 bridgehead atoms. The van der Waals surface area contributed by atoms with Crippen LogP contribution in [0.1, 0.15) is 101 Å². The van der Waals surface area contributed by atoms with Crippen LogP contribution in [0.5, 0.6) is 0 Å². The molecule has 2 aliphatic rings. The number of nitrogens with zero attached hydrogens (tertiary/aromatic N) is 3. The van der Waals surface area contributed by atoms with Crippen molar-refractivity contribution in [1.82, 2.24) is 14.5 Å². The molecule has 1 aliphatic carbocycles. The summed E-state index contributed by atoms with van der Waals surface area (Å²) in [7, 11) is 0. The summed E-state index contributed by atoms with van der Waals surface area (Å²) in [5.41, 5.74) is 7.02. The molecule has 1 aromatic heterocycles. The molecule has 7 rings (SSSR count). The van der Waals surface area contributed by atoms with Crippen LogP contribution in [0.15, 0.2) is 91.0 Å². The molecular weight excluding hydrogens is 620 g/mol. The maximum atomic E-state index is 12.6. The summed E-state index contributed by atoms with van der Waals surface area (Å²) in [6.45, 7) is 4.00. The third kappa shape index (κ3) is 6.18. The lowest BCUT2D eigenvalue weighted by Gasteiger charge is -2.38. The zero-order chi connectivity index (χ0) is 31.8. The standard InChI is InChI=1S/C38H36Cl2FN3O2/c1-2-34(27-4-3-5-29(22-27)38(45)46-41)43-20-18-32(19-21-43)44-35-23-28(12-17-33(35)42-37(44)26-6-7-26)36(24-8-13-30(39)14-9-24)25-10-15-31(40)16-11-25/h3-5,8-17,22-23,26,32,34,36H,2,6-7,18-21H2,1H3. The zero-order valence-corrected chi connectivity index (χ0v) is 27.2. The van der Waals surface area contributed by atoms with Crippen molar-refractivity contribution in [2.75, 3.05) is 13.1 Å². The highest BCUT2D eigenvalue weighted by Gasteiger charge is 2.34. The third-order valence-electron chi connectivity index (χ3n) is 9.69. The maximum absolute atomic E-state index is 12.6. The van der Waals surface area contributed by atoms with Crippen LogP contribution in [0.25, 0.3) is 11.0 Å². The third-order valence-corrected chi connectivity index (χ3v) is 10.2. The molecule has 0 spiro atoms. The first kappa shape index (κ1) is 30.9. The average Bonchev–Trinajstić information content (AvgIpc) is 3.87. The van der Waals surface area contributed by atoms with Gasteiger partial charge in [-0.05, 0) is 103 Å². The Kier molecular flexibility index (Phi) is 8.86. The number of benzene rings is 4. The van der Waals surface area contributed by atoms with Gasteiger partial charge in [-0.25, -0.2) is 14.7 Å². The zero-order valence-electron chi connectivity index (χ0n) is 25.7. The lowest BCUT2D eigenvalue weighted by molar-refractivity contribution is -0.0788. The molecule has 1 saturated heterocycles. The lowest BCUT2D eigenvalue weighted by atomic mass is 9.85. The van der Waals surface area contributed by atoms with Crippen LogP contribution in [0.2, 0.25) is 10.0 Å². The van der Waals surface area contributed by atoms with E-state index in [0.717, 1.165) is 43.4 Å². The summed E-state index contributed by atoms with van der Waals surface area (Å²) in [4.78, 5) is 23.0. The minimum atomic E-state index is -0.955. The highest BCUT2D eigenvalue weighted by Crippen LogP contribution is 2.44. The van der Waals surface area contributed by atoms with Crippen LogP contribution >= 0.6 is 23.2 Å². The number of carbonyl (C=O) groups is 1. The Morgan fingerprint density at radius 3 is 2.07 bits per heavy atom. The molecule has 46 heavy (non-hydrogen) atoms. The number of imidazole rings is 1. The van der Waals surface area contributed by atoms with Crippen LogP contribution in [0.3, 0.4) is 0 Å². The predicted octanol–water partition coefficient (Wildman–Crippen LogP) is 10.2. The van der Waals surface area contributed by atoms with E-state index in [0.29, 0.717) is 22.0 Å². The van der Waals surface area contributed by atoms with Crippen LogP contribution < -0.4 is 0 Å². The number of fused-ring (bicyclic) bond motifs is 1. The van der Waals surface area contributed by atoms with Gasteiger partial charge < -0.3 is 4.57 Å². The molecular formula is C38H36Cl2FN3O2. The summed E-state index contributed by atoms with van der Waals surface area (Å²) in [5, 5.41) is 1.43. The van der Waals surface area contributed by atoms with Gasteiger partial charge >= 0.3 is 5.97 Å². The van der Waals surface area contributed by atoms with E-state index < -0.39 is 5.97 Å². The number of rotatable bonds is 9. The summed E-state index contributed by atoms with van der Waals surface area (Å²) in [6.07, 6.45) is 5.25. The molecule has 5 nitrogen and oxygen atoms in total. The Bertz CT molecular complexity index is 1800. The fourth-order valence-electron chi connectivity index (χ4n) is 7.29. The van der Waals surface area contributed by atoms with Gasteiger partial charge in [-0.1, -0.05) is 72.6 Å². The molecule has 236 valence electrons. The second-order valence-electron chi connectivity index (χ2n) is 12.6. The minimum Gasteiger partial charge on any atom is -0.325 e. The minimum absolute atomic E-state index is 0.0178. The molecule has 1 atom stereocenters. The number of piperidine rings is 1. The monoisotopic (exact) mass is 655 g/mol. The number of hydrogen-bond donors (Lipinski definition) is 0. The first-order valence-corrected chi connectivity index (χ1v) is 16.9. The SMILES string of the molecule is CCC(c1cccc(C(=O)OF)c1)N1CCC(n2c(C3CC3)nc3ccc(C(c4ccc(Cl)cc4)c4ccc(Cl)cc4)cc32)CC1. The molecule has 1 aliphatic heterocycles. The number of aromatic nitrogens is 2. The summed E-state index contributed by atoms with van der Waals surface area (Å²) < 4.78 is 15.2. The first-order valence-electron chi connectivity index (χ1n) is 16.1. The lowest BCUT2D eigenvalue weighted by Crippen LogP contribution is -2.37. The smallest absolute Gasteiger partial charge is 0.325 e. The second-order valence-corrected chi connectivity index (χ2v) is 13.5. The van der Waals surface area contributed by atoms with Gasteiger partial charge in [0.15, 0.2) is 0 Å². The van der Waals surface area contributed by atoms with Gasteiger partial charge in [0, 0.05) is 51.6 Å². The molecule has 5 aromatic rings. The molecule has 1 saturated carbocycles. The first-order chi connectivity index (χ1) is 22.4. The van der Waals surface area contributed by atoms with E-state index in [4.69, 9.17) is 28.2 Å². The largest absolute Gasteiger partial charge is 0.379 e. The van der Waals surface area contributed by atoms with Gasteiger partial charge in [0.2, 0.25) is 0 Å². The van der Waals surface area contributed by atoms with Crippen molar-refractivity contribution >= 4 is 40.2 Å². The van der Waals surface area contributed by atoms with Crippen molar-refractivity contribution in [3.8, 4) is 0 Å². The van der Waals surface area contributed by atoms with E-state index in [1.165, 1.54) is 40.9 Å². The Labute approximate surface area is 278 Å². The number of hydrogen-bond acceptors (Lipinski definition) is 4. The van der Waals surface area contributed by atoms with E-state index in [-0.39, 0.29) is 17.5 Å². The number of likely N-dealkylation sites (tertiary alicyclic amines) is 1. The van der Waals surface area contributed by atoms with Gasteiger partial charge in [0.1, 0.15) is 5.82 Å². The van der Waals surface area contributed by atoms with Gasteiger partial charge in [-0.15, -0.1) is 0 Å². The Hall–Kier alpha value is -3.71. The van der Waals surface area contributed by atoms with E-state index in [1.54, 1.807) is 18.2 Å². The van der Waals surface area contributed by atoms with Crippen LogP contribution in [0.4, 0.5) is 4.53 Å². The van der Waals surface area contributed by atoms with Gasteiger partial charge in [0.05, 0.1) is 16.6 Å². The van der Waals surface area contributed by atoms with Crippen LogP contribution in [-0.2, 0) is 4.94 Å². The van der Waals surface area contributed by atoms with Gasteiger partial charge in [0.25, 0.3) is 0 Å².